The Kier molecular flexibility index (Phi) is 3.32. The van der Waals surface area contributed by atoms with Crippen LogP contribution in [0.25, 0.3) is 0 Å². The molecule has 0 atom stereocenters. The fourth-order valence-electron chi connectivity index (χ4n) is 2.44. The first-order chi connectivity index (χ1) is 8.27. The molecule has 0 N–H and O–H groups in total. The van der Waals surface area contributed by atoms with Gasteiger partial charge in [0, 0.05) is 24.5 Å². The first kappa shape index (κ1) is 11.8. The molecule has 0 unspecified atom stereocenters. The van der Waals surface area contributed by atoms with Gasteiger partial charge in [-0.15, -0.1) is 5.10 Å². The van der Waals surface area contributed by atoms with Crippen molar-refractivity contribution in [2.75, 3.05) is 26.3 Å². The lowest BCUT2D eigenvalue weighted by Gasteiger charge is -2.38. The van der Waals surface area contributed by atoms with Gasteiger partial charge in [-0.25, -0.2) is 0 Å². The molecule has 2 aliphatic rings. The Morgan fingerprint density at radius 2 is 2.24 bits per heavy atom. The van der Waals surface area contributed by atoms with Crippen LogP contribution in [0.5, 0.6) is 0 Å². The van der Waals surface area contributed by atoms with Crippen LogP contribution < -0.4 is 0 Å². The van der Waals surface area contributed by atoms with E-state index < -0.39 is 0 Å². The van der Waals surface area contributed by atoms with Crippen LogP contribution in [0.1, 0.15) is 18.5 Å². The molecule has 5 nitrogen and oxygen atoms in total. The second-order valence-electron chi connectivity index (χ2n) is 4.42. The van der Waals surface area contributed by atoms with Crippen LogP contribution in [-0.2, 0) is 16.0 Å². The Labute approximate surface area is 109 Å². The lowest BCUT2D eigenvalue weighted by atomic mass is 10.0. The fraction of sp³-hybridized carbons (Fsp3) is 0.800. The Morgan fingerprint density at radius 3 is 2.94 bits per heavy atom. The Morgan fingerprint density at radius 1 is 1.41 bits per heavy atom. The van der Waals surface area contributed by atoms with Gasteiger partial charge >= 0.3 is 0 Å². The van der Waals surface area contributed by atoms with Crippen molar-refractivity contribution < 1.29 is 9.47 Å². The number of nitrogens with zero attached hydrogens (tertiary/aromatic N) is 3. The van der Waals surface area contributed by atoms with Crippen LogP contribution in [0.4, 0.5) is 0 Å². The minimum atomic E-state index is -0.381. The van der Waals surface area contributed by atoms with Gasteiger partial charge in [0.05, 0.1) is 19.8 Å². The summed E-state index contributed by atoms with van der Waals surface area (Å²) >= 11 is 7.25. The van der Waals surface area contributed by atoms with E-state index in [9.17, 15) is 0 Å². The zero-order valence-corrected chi connectivity index (χ0v) is 11.0. The van der Waals surface area contributed by atoms with Gasteiger partial charge in [0.2, 0.25) is 0 Å². The van der Waals surface area contributed by atoms with E-state index in [1.165, 1.54) is 11.5 Å². The monoisotopic (exact) mass is 275 g/mol. The molecular formula is C10H14ClN3O2S. The summed E-state index contributed by atoms with van der Waals surface area (Å²) in [6.07, 6.45) is 2.06. The molecule has 1 aromatic heterocycles. The molecule has 1 spiro atoms. The minimum absolute atomic E-state index is 0.381. The number of halogens is 1. The van der Waals surface area contributed by atoms with E-state index in [2.05, 4.69) is 14.5 Å². The lowest BCUT2D eigenvalue weighted by Crippen LogP contribution is -2.48. The van der Waals surface area contributed by atoms with Gasteiger partial charge in [-0.3, -0.25) is 4.90 Å². The molecule has 7 heteroatoms. The van der Waals surface area contributed by atoms with Crippen molar-refractivity contribution in [1.29, 1.82) is 0 Å². The average molecular weight is 276 g/mol. The molecule has 0 radical (unpaired) electrons. The van der Waals surface area contributed by atoms with Crippen molar-refractivity contribution >= 4 is 23.1 Å². The van der Waals surface area contributed by atoms with Gasteiger partial charge < -0.3 is 9.47 Å². The van der Waals surface area contributed by atoms with E-state index in [0.29, 0.717) is 17.6 Å². The van der Waals surface area contributed by atoms with E-state index in [1.807, 2.05) is 0 Å². The van der Waals surface area contributed by atoms with E-state index in [-0.39, 0.29) is 5.79 Å². The average Bonchev–Trinajstić information content (AvgIpc) is 2.91. The highest BCUT2D eigenvalue weighted by Crippen LogP contribution is 2.31. The third-order valence-corrected chi connectivity index (χ3v) is 4.18. The van der Waals surface area contributed by atoms with Crippen LogP contribution >= 0.6 is 23.1 Å². The molecule has 0 bridgehead atoms. The number of piperidine rings is 1. The predicted molar refractivity (Wildman–Crippen MR) is 64.1 cm³/mol. The molecule has 3 rings (SSSR count). The number of hydrogen-bond donors (Lipinski definition) is 0. The number of ether oxygens (including phenoxy) is 2. The summed E-state index contributed by atoms with van der Waals surface area (Å²) in [5.74, 6) is -0.381. The van der Waals surface area contributed by atoms with E-state index in [1.54, 1.807) is 0 Å². The predicted octanol–water partition coefficient (Wildman–Crippen LogP) is 1.53. The smallest absolute Gasteiger partial charge is 0.181 e. The molecule has 94 valence electrons. The molecular weight excluding hydrogens is 262 g/mol. The minimum Gasteiger partial charge on any atom is -0.346 e. The summed E-state index contributed by atoms with van der Waals surface area (Å²) in [7, 11) is 0. The van der Waals surface area contributed by atoms with Gasteiger partial charge in [-0.2, -0.15) is 0 Å². The molecule has 2 aliphatic heterocycles. The van der Waals surface area contributed by atoms with Crippen molar-refractivity contribution in [3.05, 3.63) is 10.0 Å². The first-order valence-corrected chi connectivity index (χ1v) is 6.90. The summed E-state index contributed by atoms with van der Waals surface area (Å²) in [6.45, 7) is 3.95. The molecule has 0 saturated carbocycles. The third-order valence-electron chi connectivity index (χ3n) is 3.19. The summed E-state index contributed by atoms with van der Waals surface area (Å²) in [5, 5.41) is 4.04. The number of aromatic nitrogens is 2. The topological polar surface area (TPSA) is 47.5 Å². The second-order valence-corrected chi connectivity index (χ2v) is 5.77. The van der Waals surface area contributed by atoms with Crippen molar-refractivity contribution in [1.82, 2.24) is 14.5 Å². The fourth-order valence-corrected chi connectivity index (χ4v) is 3.05. The highest BCUT2D eigenvalue weighted by Gasteiger charge is 2.40. The lowest BCUT2D eigenvalue weighted by molar-refractivity contribution is -0.190. The zero-order chi connectivity index (χ0) is 11.7. The van der Waals surface area contributed by atoms with Gasteiger partial charge in [0.15, 0.2) is 5.79 Å². The van der Waals surface area contributed by atoms with Crippen LogP contribution in [0.15, 0.2) is 0 Å². The highest BCUT2D eigenvalue weighted by atomic mass is 35.5. The van der Waals surface area contributed by atoms with Gasteiger partial charge in [-0.05, 0) is 13.0 Å². The molecule has 1 aromatic rings. The summed E-state index contributed by atoms with van der Waals surface area (Å²) < 4.78 is 16.0. The molecule has 0 amide bonds. The maximum Gasteiger partial charge on any atom is 0.181 e. The summed E-state index contributed by atoms with van der Waals surface area (Å²) in [4.78, 5) is 2.28. The van der Waals surface area contributed by atoms with Gasteiger partial charge in [-0.1, -0.05) is 16.1 Å². The quantitative estimate of drug-likeness (QED) is 0.819. The highest BCUT2D eigenvalue weighted by molar-refractivity contribution is 7.10. The van der Waals surface area contributed by atoms with E-state index in [4.69, 9.17) is 21.1 Å². The van der Waals surface area contributed by atoms with Crippen LogP contribution in [0, 0.1) is 0 Å². The van der Waals surface area contributed by atoms with Crippen molar-refractivity contribution in [3.8, 4) is 0 Å². The largest absolute Gasteiger partial charge is 0.346 e. The first-order valence-electron chi connectivity index (χ1n) is 5.74. The van der Waals surface area contributed by atoms with Crippen LogP contribution in [-0.4, -0.2) is 46.6 Å². The van der Waals surface area contributed by atoms with Crippen LogP contribution in [0.3, 0.4) is 0 Å². The normalized spacial score (nSPS) is 24.5. The van der Waals surface area contributed by atoms with E-state index in [0.717, 1.165) is 38.2 Å². The Balaban J connectivity index is 1.66. The van der Waals surface area contributed by atoms with Crippen LogP contribution in [0.2, 0.25) is 4.34 Å². The number of rotatable bonds is 2. The summed E-state index contributed by atoms with van der Waals surface area (Å²) in [6, 6.07) is 0. The van der Waals surface area contributed by atoms with E-state index >= 15 is 0 Å². The SMILES string of the molecule is Clc1snnc1CN1CCCC2(C1)OCCO2. The molecule has 3 heterocycles. The summed E-state index contributed by atoms with van der Waals surface area (Å²) in [5.41, 5.74) is 0.853. The maximum absolute atomic E-state index is 6.01. The van der Waals surface area contributed by atoms with Gasteiger partial charge in [0.1, 0.15) is 10.0 Å². The maximum atomic E-state index is 6.01. The second kappa shape index (κ2) is 4.78. The van der Waals surface area contributed by atoms with Crippen molar-refractivity contribution in [2.24, 2.45) is 0 Å². The zero-order valence-electron chi connectivity index (χ0n) is 9.39. The molecule has 0 aliphatic carbocycles. The van der Waals surface area contributed by atoms with Crippen molar-refractivity contribution in [2.45, 2.75) is 25.2 Å². The molecule has 2 saturated heterocycles. The number of hydrogen-bond acceptors (Lipinski definition) is 6. The third kappa shape index (κ3) is 2.46. The molecule has 0 aromatic carbocycles. The Bertz CT molecular complexity index is 395. The Hall–Kier alpha value is -0.270. The molecule has 2 fully saturated rings. The number of likely N-dealkylation sites (tertiary alicyclic amines) is 1. The van der Waals surface area contributed by atoms with Crippen molar-refractivity contribution in [3.63, 3.8) is 0 Å². The molecule has 17 heavy (non-hydrogen) atoms. The standard InChI is InChI=1S/C10H14ClN3O2S/c11-9-8(12-13-17-9)6-14-3-1-2-10(7-14)15-4-5-16-10/h1-7H2. The van der Waals surface area contributed by atoms with Gasteiger partial charge in [0.25, 0.3) is 0 Å².